The van der Waals surface area contributed by atoms with Gasteiger partial charge in [-0.05, 0) is 42.6 Å². The summed E-state index contributed by atoms with van der Waals surface area (Å²) in [5.74, 6) is 0.337. The molecule has 5 heteroatoms. The van der Waals surface area contributed by atoms with E-state index in [0.717, 1.165) is 70.9 Å². The van der Waals surface area contributed by atoms with Crippen LogP contribution in [-0.2, 0) is 29.2 Å². The third-order valence-electron chi connectivity index (χ3n) is 6.21. The Morgan fingerprint density at radius 1 is 0.800 bits per heavy atom. The number of likely N-dealkylation sites (tertiary alicyclic amines) is 1. The molecule has 2 fully saturated rings. The van der Waals surface area contributed by atoms with Gasteiger partial charge in [0.25, 0.3) is 0 Å². The number of carbonyl (C=O) groups excluding carboxylic acids is 1. The van der Waals surface area contributed by atoms with Gasteiger partial charge in [0.15, 0.2) is 0 Å². The van der Waals surface area contributed by atoms with E-state index in [1.807, 2.05) is 0 Å². The van der Waals surface area contributed by atoms with Crippen molar-refractivity contribution in [1.29, 1.82) is 0 Å². The molecule has 2 aromatic rings. The molecule has 0 aromatic heterocycles. The van der Waals surface area contributed by atoms with E-state index < -0.39 is 0 Å². The van der Waals surface area contributed by atoms with Crippen LogP contribution in [0.5, 0.6) is 0 Å². The molecule has 2 aromatic carbocycles. The molecule has 0 saturated carbocycles. The van der Waals surface area contributed by atoms with Crippen molar-refractivity contribution in [3.05, 3.63) is 71.3 Å². The van der Waals surface area contributed by atoms with E-state index in [0.29, 0.717) is 6.54 Å². The van der Waals surface area contributed by atoms with Gasteiger partial charge >= 0.3 is 0 Å². The fourth-order valence-electron chi connectivity index (χ4n) is 4.31. The Morgan fingerprint density at radius 3 is 2.03 bits per heavy atom. The third kappa shape index (κ3) is 6.14. The second-order valence-electron chi connectivity index (χ2n) is 8.46. The number of morpholine rings is 1. The summed E-state index contributed by atoms with van der Waals surface area (Å²) in [5, 5.41) is 3.15. The molecule has 0 bridgehead atoms. The second kappa shape index (κ2) is 10.7. The molecule has 0 unspecified atom stereocenters. The minimum Gasteiger partial charge on any atom is -0.379 e. The Balaban J connectivity index is 1.17. The topological polar surface area (TPSA) is 44.8 Å². The van der Waals surface area contributed by atoms with Crippen molar-refractivity contribution >= 4 is 5.91 Å². The molecule has 2 heterocycles. The summed E-state index contributed by atoms with van der Waals surface area (Å²) in [7, 11) is 0. The lowest BCUT2D eigenvalue weighted by Crippen LogP contribution is -2.40. The van der Waals surface area contributed by atoms with Crippen molar-refractivity contribution in [3.63, 3.8) is 0 Å². The van der Waals surface area contributed by atoms with Crippen molar-refractivity contribution in [2.75, 3.05) is 39.4 Å². The maximum absolute atomic E-state index is 12.6. The third-order valence-corrected chi connectivity index (χ3v) is 6.21. The Labute approximate surface area is 180 Å². The number of amides is 1. The molecule has 4 rings (SSSR count). The normalized spacial score (nSPS) is 18.9. The molecule has 5 nitrogen and oxygen atoms in total. The van der Waals surface area contributed by atoms with Crippen LogP contribution in [0.3, 0.4) is 0 Å². The molecular formula is C25H33N3O2. The maximum Gasteiger partial charge on any atom is 0.223 e. The average molecular weight is 408 g/mol. The van der Waals surface area contributed by atoms with Crippen LogP contribution in [0.25, 0.3) is 0 Å². The summed E-state index contributed by atoms with van der Waals surface area (Å²) in [6.07, 6.45) is 1.88. The number of piperidine rings is 1. The van der Waals surface area contributed by atoms with Crippen LogP contribution in [0, 0.1) is 5.92 Å². The first-order valence-electron chi connectivity index (χ1n) is 11.2. The maximum atomic E-state index is 12.6. The minimum absolute atomic E-state index is 0.137. The first-order chi connectivity index (χ1) is 14.8. The molecular weight excluding hydrogens is 374 g/mol. The predicted octanol–water partition coefficient (Wildman–Crippen LogP) is 3.05. The zero-order chi connectivity index (χ0) is 20.6. The molecule has 0 spiro atoms. The number of hydrogen-bond donors (Lipinski definition) is 1. The summed E-state index contributed by atoms with van der Waals surface area (Å²) < 4.78 is 5.41. The van der Waals surface area contributed by atoms with Crippen LogP contribution in [0.15, 0.2) is 54.6 Å². The van der Waals surface area contributed by atoms with Gasteiger partial charge in [-0.1, -0.05) is 54.6 Å². The first kappa shape index (κ1) is 21.0. The largest absolute Gasteiger partial charge is 0.379 e. The van der Waals surface area contributed by atoms with Crippen molar-refractivity contribution in [3.8, 4) is 0 Å². The fraction of sp³-hybridized carbons (Fsp3) is 0.480. The number of carbonyl (C=O) groups is 1. The molecule has 0 aliphatic carbocycles. The summed E-state index contributed by atoms with van der Waals surface area (Å²) >= 11 is 0. The lowest BCUT2D eigenvalue weighted by atomic mass is 9.95. The number of benzene rings is 2. The molecule has 2 saturated heterocycles. The minimum atomic E-state index is 0.137. The van der Waals surface area contributed by atoms with Gasteiger partial charge in [0, 0.05) is 38.6 Å². The Hall–Kier alpha value is -2.21. The number of hydrogen-bond acceptors (Lipinski definition) is 4. The van der Waals surface area contributed by atoms with Crippen LogP contribution in [0.2, 0.25) is 0 Å². The first-order valence-corrected chi connectivity index (χ1v) is 11.2. The Kier molecular flexibility index (Phi) is 7.51. The van der Waals surface area contributed by atoms with Crippen LogP contribution < -0.4 is 5.32 Å². The molecule has 0 radical (unpaired) electrons. The van der Waals surface area contributed by atoms with E-state index in [-0.39, 0.29) is 11.8 Å². The summed E-state index contributed by atoms with van der Waals surface area (Å²) in [6, 6.07) is 19.2. The van der Waals surface area contributed by atoms with E-state index in [9.17, 15) is 4.79 Å². The van der Waals surface area contributed by atoms with Gasteiger partial charge in [-0.2, -0.15) is 0 Å². The van der Waals surface area contributed by atoms with E-state index in [4.69, 9.17) is 4.74 Å². The van der Waals surface area contributed by atoms with Gasteiger partial charge in [-0.3, -0.25) is 14.6 Å². The molecule has 1 amide bonds. The highest BCUT2D eigenvalue weighted by atomic mass is 16.5. The van der Waals surface area contributed by atoms with Crippen molar-refractivity contribution in [2.24, 2.45) is 5.92 Å². The highest BCUT2D eigenvalue weighted by Crippen LogP contribution is 2.19. The second-order valence-corrected chi connectivity index (χ2v) is 8.46. The van der Waals surface area contributed by atoms with Crippen LogP contribution in [0.4, 0.5) is 0 Å². The highest BCUT2D eigenvalue weighted by Gasteiger charge is 2.24. The van der Waals surface area contributed by atoms with Gasteiger partial charge in [0.05, 0.1) is 13.2 Å². The molecule has 0 atom stereocenters. The van der Waals surface area contributed by atoms with Crippen LogP contribution >= 0.6 is 0 Å². The van der Waals surface area contributed by atoms with Gasteiger partial charge in [0.2, 0.25) is 5.91 Å². The van der Waals surface area contributed by atoms with Crippen molar-refractivity contribution in [1.82, 2.24) is 15.1 Å². The molecule has 1 N–H and O–H groups in total. The number of nitrogens with one attached hydrogen (secondary N) is 1. The lowest BCUT2D eigenvalue weighted by molar-refractivity contribution is -0.126. The fourth-order valence-corrected chi connectivity index (χ4v) is 4.31. The van der Waals surface area contributed by atoms with E-state index in [2.05, 4.69) is 69.7 Å². The zero-order valence-electron chi connectivity index (χ0n) is 17.8. The zero-order valence-corrected chi connectivity index (χ0v) is 17.8. The highest BCUT2D eigenvalue weighted by molar-refractivity contribution is 5.78. The Bertz CT molecular complexity index is 780. The van der Waals surface area contributed by atoms with Gasteiger partial charge in [-0.15, -0.1) is 0 Å². The van der Waals surface area contributed by atoms with Crippen molar-refractivity contribution in [2.45, 2.75) is 32.5 Å². The summed E-state index contributed by atoms with van der Waals surface area (Å²) in [6.45, 7) is 8.20. The van der Waals surface area contributed by atoms with Gasteiger partial charge in [0.1, 0.15) is 0 Å². The van der Waals surface area contributed by atoms with Gasteiger partial charge < -0.3 is 10.1 Å². The van der Waals surface area contributed by atoms with E-state index in [1.165, 1.54) is 11.1 Å². The summed E-state index contributed by atoms with van der Waals surface area (Å²) in [4.78, 5) is 17.5. The number of ether oxygens (including phenoxy) is 1. The molecule has 2 aliphatic rings. The average Bonchev–Trinajstić information content (AvgIpc) is 2.80. The van der Waals surface area contributed by atoms with E-state index in [1.54, 1.807) is 0 Å². The molecule has 160 valence electrons. The van der Waals surface area contributed by atoms with Crippen LogP contribution in [-0.4, -0.2) is 55.1 Å². The lowest BCUT2D eigenvalue weighted by Gasteiger charge is -2.31. The molecule has 30 heavy (non-hydrogen) atoms. The predicted molar refractivity (Wildman–Crippen MR) is 119 cm³/mol. The smallest absolute Gasteiger partial charge is 0.223 e. The SMILES string of the molecule is O=C(NCc1ccc(CN2CCOCC2)cc1)C1CCN(Cc2ccccc2)CC1. The van der Waals surface area contributed by atoms with Gasteiger partial charge in [-0.25, -0.2) is 0 Å². The monoisotopic (exact) mass is 407 g/mol. The van der Waals surface area contributed by atoms with Crippen molar-refractivity contribution < 1.29 is 9.53 Å². The van der Waals surface area contributed by atoms with Crippen LogP contribution in [0.1, 0.15) is 29.5 Å². The Morgan fingerprint density at radius 2 is 1.37 bits per heavy atom. The standard InChI is InChI=1S/C25H33N3O2/c29-25(24-10-12-27(13-11-24)19-22-4-2-1-3-5-22)26-18-21-6-8-23(9-7-21)20-28-14-16-30-17-15-28/h1-9,24H,10-20H2,(H,26,29). The quantitative estimate of drug-likeness (QED) is 0.766. The van der Waals surface area contributed by atoms with E-state index >= 15 is 0 Å². The molecule has 2 aliphatic heterocycles. The number of nitrogens with zero attached hydrogens (tertiary/aromatic N) is 2. The number of rotatable bonds is 7. The summed E-state index contributed by atoms with van der Waals surface area (Å²) in [5.41, 5.74) is 3.82.